The summed E-state index contributed by atoms with van der Waals surface area (Å²) < 4.78 is 0. The van der Waals surface area contributed by atoms with Gasteiger partial charge in [-0.2, -0.15) is 0 Å². The molecular formula is C14H11ClN4O3. The van der Waals surface area contributed by atoms with Crippen LogP contribution >= 0.6 is 11.6 Å². The summed E-state index contributed by atoms with van der Waals surface area (Å²) in [6, 6.07) is 8.91. The fraction of sp³-hybridized carbons (Fsp3) is 0. The van der Waals surface area contributed by atoms with Gasteiger partial charge < -0.3 is 11.1 Å². The van der Waals surface area contributed by atoms with E-state index >= 15 is 0 Å². The third-order valence-electron chi connectivity index (χ3n) is 2.61. The molecule has 0 spiro atoms. The van der Waals surface area contributed by atoms with Gasteiger partial charge in [-0.25, -0.2) is 4.98 Å². The predicted octanol–water partition coefficient (Wildman–Crippen LogP) is 1.21. The summed E-state index contributed by atoms with van der Waals surface area (Å²) >= 11 is 5.75. The summed E-state index contributed by atoms with van der Waals surface area (Å²) in [6.45, 7) is 0. The molecule has 0 radical (unpaired) electrons. The summed E-state index contributed by atoms with van der Waals surface area (Å²) in [5.41, 5.74) is 6.35. The number of aromatic nitrogens is 1. The number of hydrogen-bond acceptors (Lipinski definition) is 5. The van der Waals surface area contributed by atoms with E-state index in [-0.39, 0.29) is 16.4 Å². The van der Waals surface area contributed by atoms with E-state index in [1.807, 2.05) is 5.32 Å². The summed E-state index contributed by atoms with van der Waals surface area (Å²) in [7, 11) is 0. The molecule has 0 fully saturated rings. The first-order valence-corrected chi connectivity index (χ1v) is 6.48. The molecule has 0 aliphatic rings. The van der Waals surface area contributed by atoms with Crippen LogP contribution in [-0.2, 0) is 9.59 Å². The second-order valence-corrected chi connectivity index (χ2v) is 4.56. The van der Waals surface area contributed by atoms with Gasteiger partial charge in [0.25, 0.3) is 5.91 Å². The molecule has 0 unspecified atom stereocenters. The van der Waals surface area contributed by atoms with Crippen LogP contribution in [0.2, 0.25) is 5.15 Å². The molecule has 112 valence electrons. The third kappa shape index (κ3) is 3.80. The lowest BCUT2D eigenvalue weighted by molar-refractivity contribution is -0.135. The van der Waals surface area contributed by atoms with Crippen LogP contribution < -0.4 is 16.4 Å². The average molecular weight is 319 g/mol. The van der Waals surface area contributed by atoms with Crippen LogP contribution in [-0.4, -0.2) is 22.7 Å². The van der Waals surface area contributed by atoms with E-state index < -0.39 is 17.7 Å². The Morgan fingerprint density at radius 3 is 2.36 bits per heavy atom. The van der Waals surface area contributed by atoms with Crippen molar-refractivity contribution in [2.45, 2.75) is 0 Å². The van der Waals surface area contributed by atoms with Crippen molar-refractivity contribution >= 4 is 40.7 Å². The van der Waals surface area contributed by atoms with Crippen molar-refractivity contribution < 1.29 is 14.4 Å². The molecule has 0 saturated carbocycles. The number of nitrogen functional groups attached to an aromatic ring is 1. The van der Waals surface area contributed by atoms with Crippen molar-refractivity contribution in [3.05, 3.63) is 53.3 Å². The van der Waals surface area contributed by atoms with Crippen LogP contribution in [0, 0.1) is 0 Å². The van der Waals surface area contributed by atoms with E-state index in [2.05, 4.69) is 10.3 Å². The zero-order valence-electron chi connectivity index (χ0n) is 11.2. The molecule has 1 heterocycles. The molecule has 4 N–H and O–H groups in total. The highest BCUT2D eigenvalue weighted by molar-refractivity contribution is 6.43. The highest BCUT2D eigenvalue weighted by Crippen LogP contribution is 2.17. The van der Waals surface area contributed by atoms with E-state index in [4.69, 9.17) is 17.3 Å². The van der Waals surface area contributed by atoms with Crippen molar-refractivity contribution in [2.75, 3.05) is 11.1 Å². The Labute approximate surface area is 130 Å². The first kappa shape index (κ1) is 15.5. The van der Waals surface area contributed by atoms with Crippen LogP contribution in [0.4, 0.5) is 11.4 Å². The summed E-state index contributed by atoms with van der Waals surface area (Å²) in [4.78, 5) is 38.9. The van der Waals surface area contributed by atoms with Crippen molar-refractivity contribution in [1.82, 2.24) is 10.3 Å². The van der Waals surface area contributed by atoms with Gasteiger partial charge in [-0.1, -0.05) is 11.6 Å². The maximum atomic E-state index is 11.8. The molecule has 3 amide bonds. The number of rotatable bonds is 2. The molecule has 8 heteroatoms. The maximum Gasteiger partial charge on any atom is 0.316 e. The van der Waals surface area contributed by atoms with Gasteiger partial charge in [0.15, 0.2) is 5.15 Å². The number of halogens is 1. The number of nitrogens with two attached hydrogens (primary N) is 1. The fourth-order valence-electron chi connectivity index (χ4n) is 1.52. The Balaban J connectivity index is 1.99. The molecular weight excluding hydrogens is 308 g/mol. The minimum Gasteiger partial charge on any atom is -0.399 e. The Morgan fingerprint density at radius 2 is 1.73 bits per heavy atom. The first-order chi connectivity index (χ1) is 10.5. The number of amides is 3. The summed E-state index contributed by atoms with van der Waals surface area (Å²) in [5.74, 6) is -2.85. The summed E-state index contributed by atoms with van der Waals surface area (Å²) in [6.07, 6.45) is 1.43. The average Bonchev–Trinajstić information content (AvgIpc) is 2.50. The van der Waals surface area contributed by atoms with Crippen molar-refractivity contribution in [2.24, 2.45) is 0 Å². The first-order valence-electron chi connectivity index (χ1n) is 6.10. The quantitative estimate of drug-likeness (QED) is 0.437. The highest BCUT2D eigenvalue weighted by Gasteiger charge is 2.18. The smallest absolute Gasteiger partial charge is 0.316 e. The Bertz CT molecular complexity index is 731. The third-order valence-corrected chi connectivity index (χ3v) is 2.91. The number of carbonyl (C=O) groups excluding carboxylic acids is 3. The van der Waals surface area contributed by atoms with E-state index in [0.717, 1.165) is 0 Å². The summed E-state index contributed by atoms with van der Waals surface area (Å²) in [5, 5.41) is 4.25. The zero-order valence-corrected chi connectivity index (χ0v) is 11.9. The van der Waals surface area contributed by atoms with E-state index in [0.29, 0.717) is 5.69 Å². The lowest BCUT2D eigenvalue weighted by Gasteiger charge is -2.06. The SMILES string of the molecule is Nc1ccc(C(=O)NC(=O)C(=O)Nc2cccnc2Cl)cc1. The number of pyridine rings is 1. The van der Waals surface area contributed by atoms with Gasteiger partial charge in [-0.3, -0.25) is 19.7 Å². The molecule has 0 aliphatic heterocycles. The van der Waals surface area contributed by atoms with Crippen LogP contribution in [0.25, 0.3) is 0 Å². The lowest BCUT2D eigenvalue weighted by atomic mass is 10.2. The number of anilines is 2. The van der Waals surface area contributed by atoms with E-state index in [1.165, 1.54) is 36.5 Å². The van der Waals surface area contributed by atoms with Gasteiger partial charge in [0.1, 0.15) is 0 Å². The van der Waals surface area contributed by atoms with E-state index in [9.17, 15) is 14.4 Å². The van der Waals surface area contributed by atoms with Gasteiger partial charge in [-0.05, 0) is 36.4 Å². The van der Waals surface area contributed by atoms with Crippen molar-refractivity contribution in [3.63, 3.8) is 0 Å². The predicted molar refractivity (Wildman–Crippen MR) is 81.2 cm³/mol. The van der Waals surface area contributed by atoms with Gasteiger partial charge in [0.2, 0.25) is 0 Å². The molecule has 0 atom stereocenters. The monoisotopic (exact) mass is 318 g/mol. The molecule has 2 aromatic rings. The zero-order chi connectivity index (χ0) is 16.1. The number of imide groups is 1. The van der Waals surface area contributed by atoms with E-state index in [1.54, 1.807) is 6.07 Å². The van der Waals surface area contributed by atoms with Gasteiger partial charge in [0.05, 0.1) is 5.69 Å². The largest absolute Gasteiger partial charge is 0.399 e. The van der Waals surface area contributed by atoms with Gasteiger partial charge >= 0.3 is 11.8 Å². The number of hydrogen-bond donors (Lipinski definition) is 3. The molecule has 1 aromatic heterocycles. The fourth-order valence-corrected chi connectivity index (χ4v) is 1.69. The Hall–Kier alpha value is -2.93. The Kier molecular flexibility index (Phi) is 4.70. The van der Waals surface area contributed by atoms with Crippen LogP contribution in [0.3, 0.4) is 0 Å². The van der Waals surface area contributed by atoms with Crippen molar-refractivity contribution in [3.8, 4) is 0 Å². The molecule has 0 saturated heterocycles. The lowest BCUT2D eigenvalue weighted by Crippen LogP contribution is -2.39. The molecule has 1 aromatic carbocycles. The van der Waals surface area contributed by atoms with Crippen LogP contribution in [0.1, 0.15) is 10.4 Å². The maximum absolute atomic E-state index is 11.8. The van der Waals surface area contributed by atoms with Crippen LogP contribution in [0.15, 0.2) is 42.6 Å². The number of benzene rings is 1. The molecule has 0 aliphatic carbocycles. The number of nitrogens with zero attached hydrogens (tertiary/aromatic N) is 1. The topological polar surface area (TPSA) is 114 Å². The standard InChI is InChI=1S/C14H11ClN4O3/c15-11-10(2-1-7-17-11)18-13(21)14(22)19-12(20)8-3-5-9(16)6-4-8/h1-7H,16H2,(H,18,21)(H,19,20,22). The normalized spacial score (nSPS) is 9.86. The van der Waals surface area contributed by atoms with Gasteiger partial charge in [0, 0.05) is 17.4 Å². The Morgan fingerprint density at radius 1 is 1.05 bits per heavy atom. The number of carbonyl (C=O) groups is 3. The van der Waals surface area contributed by atoms with Crippen LogP contribution in [0.5, 0.6) is 0 Å². The van der Waals surface area contributed by atoms with Gasteiger partial charge in [-0.15, -0.1) is 0 Å². The minimum absolute atomic E-state index is 0.0357. The molecule has 0 bridgehead atoms. The highest BCUT2D eigenvalue weighted by atomic mass is 35.5. The minimum atomic E-state index is -1.11. The molecule has 22 heavy (non-hydrogen) atoms. The second-order valence-electron chi connectivity index (χ2n) is 4.20. The van der Waals surface area contributed by atoms with Crippen molar-refractivity contribution in [1.29, 1.82) is 0 Å². The number of nitrogens with one attached hydrogen (secondary N) is 2. The second kappa shape index (κ2) is 6.68. The molecule has 7 nitrogen and oxygen atoms in total. The molecule has 2 rings (SSSR count).